The van der Waals surface area contributed by atoms with Gasteiger partial charge in [-0.2, -0.15) is 0 Å². The first-order valence-electron chi connectivity index (χ1n) is 13.0. The summed E-state index contributed by atoms with van der Waals surface area (Å²) in [5.41, 5.74) is -1.35. The number of aliphatic hydroxyl groups excluding tert-OH is 6. The smallest absolute Gasteiger partial charge is 0.239 e. The minimum Gasteiger partial charge on any atom is -0.508 e. The van der Waals surface area contributed by atoms with Gasteiger partial charge in [-0.15, -0.1) is 0 Å². The molecule has 43 heavy (non-hydrogen) atoms. The Kier molecular flexibility index (Phi) is 8.41. The molecule has 2 saturated heterocycles. The van der Waals surface area contributed by atoms with E-state index in [0.717, 1.165) is 24.3 Å². The molecule has 16 nitrogen and oxygen atoms in total. The van der Waals surface area contributed by atoms with Gasteiger partial charge in [0.15, 0.2) is 23.5 Å². The summed E-state index contributed by atoms with van der Waals surface area (Å²) >= 11 is 0. The Hall–Kier alpha value is -3.71. The predicted molar refractivity (Wildman–Crippen MR) is 140 cm³/mol. The first-order valence-corrected chi connectivity index (χ1v) is 13.0. The average Bonchev–Trinajstić information content (AvgIpc) is 2.96. The summed E-state index contributed by atoms with van der Waals surface area (Å²) in [6.45, 7) is 0.818. The zero-order chi connectivity index (χ0) is 31.3. The van der Waals surface area contributed by atoms with Crippen LogP contribution in [0.15, 0.2) is 39.5 Å². The van der Waals surface area contributed by atoms with Crippen LogP contribution < -0.4 is 10.2 Å². The summed E-state index contributed by atoms with van der Waals surface area (Å²) in [5, 5.41) is 101. The normalized spacial score (nSPS) is 33.0. The van der Waals surface area contributed by atoms with Gasteiger partial charge in [0.05, 0.1) is 12.7 Å². The monoisotopic (exact) mass is 610 g/mol. The van der Waals surface area contributed by atoms with Gasteiger partial charge in [0.25, 0.3) is 0 Å². The van der Waals surface area contributed by atoms with Crippen molar-refractivity contribution in [1.82, 2.24) is 0 Å². The number of phenolic OH excluding ortho intramolecular Hbond substituents is 4. The lowest BCUT2D eigenvalue weighted by Gasteiger charge is -2.42. The number of ether oxygens (including phenoxy) is 4. The van der Waals surface area contributed by atoms with Crippen molar-refractivity contribution in [3.05, 3.63) is 40.6 Å². The van der Waals surface area contributed by atoms with E-state index in [1.165, 1.54) is 13.0 Å². The van der Waals surface area contributed by atoms with Crippen molar-refractivity contribution in [3.8, 4) is 40.1 Å². The van der Waals surface area contributed by atoms with E-state index in [1.54, 1.807) is 0 Å². The van der Waals surface area contributed by atoms with Gasteiger partial charge in [0, 0.05) is 17.7 Å². The van der Waals surface area contributed by atoms with Crippen molar-refractivity contribution in [2.24, 2.45) is 0 Å². The SMILES string of the molecule is C[C@@H]1O[C@H](OC[C@@H]2O[C@@H](Oc3c(-c4ccc(O)c(O)c4)oc4cc(O)cc(O)c4c3=O)[C@@H](O)[C@@H](O)[C@@H]2O)[C@@H](O)[C@@H](O)[C@@H]1O. The first kappa shape index (κ1) is 30.7. The van der Waals surface area contributed by atoms with Crippen LogP contribution >= 0.6 is 0 Å². The van der Waals surface area contributed by atoms with Crippen molar-refractivity contribution >= 4 is 11.0 Å². The van der Waals surface area contributed by atoms with E-state index in [0.29, 0.717) is 0 Å². The number of fused-ring (bicyclic) bond motifs is 1. The Bertz CT molecular complexity index is 1540. The van der Waals surface area contributed by atoms with Gasteiger partial charge >= 0.3 is 0 Å². The van der Waals surface area contributed by atoms with E-state index in [-0.39, 0.29) is 11.1 Å². The summed E-state index contributed by atoms with van der Waals surface area (Å²) in [6.07, 6.45) is -16.2. The highest BCUT2D eigenvalue weighted by molar-refractivity contribution is 5.88. The summed E-state index contributed by atoms with van der Waals surface area (Å²) in [6, 6.07) is 5.24. The van der Waals surface area contributed by atoms with Crippen molar-refractivity contribution < 1.29 is 74.4 Å². The van der Waals surface area contributed by atoms with E-state index in [4.69, 9.17) is 23.4 Å². The first-order chi connectivity index (χ1) is 20.3. The van der Waals surface area contributed by atoms with Gasteiger partial charge in [-0.1, -0.05) is 0 Å². The zero-order valence-corrected chi connectivity index (χ0v) is 22.3. The molecule has 0 amide bonds. The molecule has 0 radical (unpaired) electrons. The quantitative estimate of drug-likeness (QED) is 0.140. The number of hydrogen-bond donors (Lipinski definition) is 10. The third-order valence-corrected chi connectivity index (χ3v) is 7.29. The fourth-order valence-corrected chi connectivity index (χ4v) is 4.84. The molecule has 0 spiro atoms. The molecule has 2 aliphatic heterocycles. The maximum atomic E-state index is 13.6. The molecule has 0 aliphatic carbocycles. The van der Waals surface area contributed by atoms with Crippen LogP contribution in [-0.2, 0) is 14.2 Å². The molecule has 0 bridgehead atoms. The van der Waals surface area contributed by atoms with Gasteiger partial charge in [-0.25, -0.2) is 0 Å². The molecule has 3 aromatic rings. The Morgan fingerprint density at radius 3 is 2.12 bits per heavy atom. The van der Waals surface area contributed by atoms with E-state index >= 15 is 0 Å². The van der Waals surface area contributed by atoms with Crippen molar-refractivity contribution in [1.29, 1.82) is 0 Å². The summed E-state index contributed by atoms with van der Waals surface area (Å²) < 4.78 is 27.8. The molecule has 5 rings (SSSR count). The number of hydrogen-bond acceptors (Lipinski definition) is 16. The van der Waals surface area contributed by atoms with Crippen LogP contribution in [0.2, 0.25) is 0 Å². The number of rotatable bonds is 6. The number of aromatic hydroxyl groups is 4. The lowest BCUT2D eigenvalue weighted by molar-refractivity contribution is -0.318. The zero-order valence-electron chi connectivity index (χ0n) is 22.3. The van der Waals surface area contributed by atoms with E-state index in [1.807, 2.05) is 0 Å². The highest BCUT2D eigenvalue weighted by Crippen LogP contribution is 2.39. The van der Waals surface area contributed by atoms with Gasteiger partial charge in [0.1, 0.15) is 65.2 Å². The minimum atomic E-state index is -1.97. The van der Waals surface area contributed by atoms with Gasteiger partial charge in [0.2, 0.25) is 17.5 Å². The molecule has 0 unspecified atom stereocenters. The molecule has 10 N–H and O–H groups in total. The molecule has 234 valence electrons. The maximum Gasteiger partial charge on any atom is 0.239 e. The molecule has 16 heteroatoms. The van der Waals surface area contributed by atoms with Gasteiger partial charge in [-0.3, -0.25) is 4.79 Å². The molecule has 10 atom stereocenters. The fraction of sp³-hybridized carbons (Fsp3) is 0.444. The Balaban J connectivity index is 1.48. The van der Waals surface area contributed by atoms with Crippen molar-refractivity contribution in [3.63, 3.8) is 0 Å². The third kappa shape index (κ3) is 5.67. The predicted octanol–water partition coefficient (Wildman–Crippen LogP) is -1.69. The van der Waals surface area contributed by atoms with Crippen LogP contribution in [0, 0.1) is 0 Å². The lowest BCUT2D eigenvalue weighted by atomic mass is 9.98. The number of aliphatic hydroxyl groups is 6. The van der Waals surface area contributed by atoms with Crippen LogP contribution in [0.1, 0.15) is 6.92 Å². The second-order valence-electron chi connectivity index (χ2n) is 10.3. The van der Waals surface area contributed by atoms with E-state index in [9.17, 15) is 55.9 Å². The van der Waals surface area contributed by atoms with E-state index in [2.05, 4.69) is 0 Å². The topological polar surface area (TPSA) is 269 Å². The van der Waals surface area contributed by atoms with Crippen LogP contribution in [0.4, 0.5) is 0 Å². The Labute approximate surface area is 241 Å². The summed E-state index contributed by atoms with van der Waals surface area (Å²) in [5.74, 6) is -3.33. The number of phenols is 4. The molecule has 0 saturated carbocycles. The Morgan fingerprint density at radius 1 is 0.744 bits per heavy atom. The molecule has 2 aliphatic rings. The van der Waals surface area contributed by atoms with Crippen LogP contribution in [0.5, 0.6) is 28.7 Å². The molecule has 2 aromatic carbocycles. The largest absolute Gasteiger partial charge is 0.508 e. The summed E-state index contributed by atoms with van der Waals surface area (Å²) in [7, 11) is 0. The maximum absolute atomic E-state index is 13.6. The van der Waals surface area contributed by atoms with Gasteiger partial charge < -0.3 is 74.4 Å². The lowest BCUT2D eigenvalue weighted by Crippen LogP contribution is -2.61. The van der Waals surface area contributed by atoms with Crippen molar-refractivity contribution in [2.75, 3.05) is 6.61 Å². The van der Waals surface area contributed by atoms with Crippen LogP contribution in [-0.4, -0.2) is 119 Å². The molecule has 1 aromatic heterocycles. The molecular formula is C27H30O16. The van der Waals surface area contributed by atoms with Crippen molar-refractivity contribution in [2.45, 2.75) is 68.3 Å². The van der Waals surface area contributed by atoms with Gasteiger partial charge in [-0.05, 0) is 25.1 Å². The fourth-order valence-electron chi connectivity index (χ4n) is 4.84. The molecular weight excluding hydrogens is 580 g/mol. The van der Waals surface area contributed by atoms with E-state index < -0.39 is 113 Å². The number of benzene rings is 2. The molecule has 2 fully saturated rings. The third-order valence-electron chi connectivity index (χ3n) is 7.29. The molecule has 3 heterocycles. The standard InChI is InChI=1S/C27H30O16/c1-8-17(32)20(35)22(37)26(40-8)39-7-15-18(33)21(36)23(38)27(42-15)43-25-19(34)16-13(31)5-10(28)6-14(16)41-24(25)9-2-3-11(29)12(30)4-9/h2-6,8,15,17-18,20-23,26-33,35-38H,7H2,1H3/t8-,15-,17+,18+,20-,21-,22-,23-,26-,27-/m0/s1. The highest BCUT2D eigenvalue weighted by atomic mass is 16.7. The van der Waals surface area contributed by atoms with Crippen LogP contribution in [0.3, 0.4) is 0 Å². The Morgan fingerprint density at radius 2 is 1.42 bits per heavy atom. The minimum absolute atomic E-state index is 0.0313. The highest BCUT2D eigenvalue weighted by Gasteiger charge is 2.47. The second kappa shape index (κ2) is 11.8. The second-order valence-corrected chi connectivity index (χ2v) is 10.3. The summed E-state index contributed by atoms with van der Waals surface area (Å²) in [4.78, 5) is 13.6. The average molecular weight is 611 g/mol. The van der Waals surface area contributed by atoms with Crippen LogP contribution in [0.25, 0.3) is 22.3 Å².